The van der Waals surface area contributed by atoms with E-state index in [1.807, 2.05) is 7.05 Å². The van der Waals surface area contributed by atoms with Crippen LogP contribution in [0.5, 0.6) is 0 Å². The maximum absolute atomic E-state index is 3.08. The number of allylic oxidation sites excluding steroid dienone is 1. The maximum Gasteiger partial charge on any atom is 0.0131 e. The molecule has 0 bridgehead atoms. The van der Waals surface area contributed by atoms with Gasteiger partial charge in [-0.25, -0.2) is 0 Å². The van der Waals surface area contributed by atoms with Crippen LogP contribution < -0.4 is 5.32 Å². The lowest BCUT2D eigenvalue weighted by Gasteiger charge is -1.93. The second-order valence-corrected chi connectivity index (χ2v) is 2.88. The Bertz CT molecular complexity index is 86.9. The lowest BCUT2D eigenvalue weighted by molar-refractivity contribution is 0.674. The molecule has 0 heterocycles. The Labute approximate surface area is 70.9 Å². The Morgan fingerprint density at radius 3 is 2.55 bits per heavy atom. The van der Waals surface area contributed by atoms with Gasteiger partial charge in [0.05, 0.1) is 0 Å². The minimum Gasteiger partial charge on any atom is -0.316 e. The van der Waals surface area contributed by atoms with E-state index in [0.29, 0.717) is 0 Å². The number of nitrogens with one attached hydrogen (secondary N) is 1. The van der Waals surface area contributed by atoms with Crippen LogP contribution in [0.25, 0.3) is 0 Å². The van der Waals surface area contributed by atoms with Crippen LogP contribution in [0.3, 0.4) is 0 Å². The summed E-state index contributed by atoms with van der Waals surface area (Å²) in [5.74, 6) is 0. The van der Waals surface area contributed by atoms with Crippen molar-refractivity contribution in [2.75, 3.05) is 13.6 Å². The standard InChI is InChI=1S/C10H21N/c1-3-4-5-6-7-8-9-10-11-2/h8-9,11H,3-7,10H2,1-2H3. The molecule has 0 aromatic heterocycles. The van der Waals surface area contributed by atoms with Gasteiger partial charge in [-0.3, -0.25) is 0 Å². The molecular weight excluding hydrogens is 134 g/mol. The number of unbranched alkanes of at least 4 members (excludes halogenated alkanes) is 4. The number of hydrogen-bond donors (Lipinski definition) is 1. The fourth-order valence-electron chi connectivity index (χ4n) is 1.01. The summed E-state index contributed by atoms with van der Waals surface area (Å²) in [6, 6.07) is 0. The van der Waals surface area contributed by atoms with Crippen molar-refractivity contribution >= 4 is 0 Å². The molecule has 11 heavy (non-hydrogen) atoms. The zero-order valence-corrected chi connectivity index (χ0v) is 7.90. The molecule has 0 unspecified atom stereocenters. The van der Waals surface area contributed by atoms with Crippen LogP contribution in [0, 0.1) is 0 Å². The average molecular weight is 155 g/mol. The zero-order valence-electron chi connectivity index (χ0n) is 7.90. The SMILES string of the molecule is CCCCCCC=CCNC. The highest BCUT2D eigenvalue weighted by Gasteiger charge is 1.83. The molecule has 0 spiro atoms. The van der Waals surface area contributed by atoms with Crippen molar-refractivity contribution in [3.8, 4) is 0 Å². The van der Waals surface area contributed by atoms with Gasteiger partial charge in [0, 0.05) is 6.54 Å². The third-order valence-corrected chi connectivity index (χ3v) is 1.71. The number of likely N-dealkylation sites (N-methyl/N-ethyl adjacent to an activating group) is 1. The van der Waals surface area contributed by atoms with Crippen LogP contribution in [0.4, 0.5) is 0 Å². The van der Waals surface area contributed by atoms with E-state index < -0.39 is 0 Å². The molecule has 0 saturated heterocycles. The lowest BCUT2D eigenvalue weighted by atomic mass is 10.1. The summed E-state index contributed by atoms with van der Waals surface area (Å²) in [5.41, 5.74) is 0. The van der Waals surface area contributed by atoms with Crippen molar-refractivity contribution in [2.45, 2.75) is 39.0 Å². The summed E-state index contributed by atoms with van der Waals surface area (Å²) < 4.78 is 0. The van der Waals surface area contributed by atoms with E-state index in [2.05, 4.69) is 24.4 Å². The van der Waals surface area contributed by atoms with Gasteiger partial charge in [-0.15, -0.1) is 0 Å². The van der Waals surface area contributed by atoms with Crippen LogP contribution in [-0.4, -0.2) is 13.6 Å². The molecule has 0 aromatic carbocycles. The lowest BCUT2D eigenvalue weighted by Crippen LogP contribution is -2.03. The molecule has 0 aliphatic heterocycles. The summed E-state index contributed by atoms with van der Waals surface area (Å²) in [5, 5.41) is 3.08. The van der Waals surface area contributed by atoms with Crippen LogP contribution in [0.1, 0.15) is 39.0 Å². The average Bonchev–Trinajstić information content (AvgIpc) is 2.03. The fourth-order valence-corrected chi connectivity index (χ4v) is 1.01. The molecule has 0 radical (unpaired) electrons. The molecule has 66 valence electrons. The van der Waals surface area contributed by atoms with E-state index in [9.17, 15) is 0 Å². The van der Waals surface area contributed by atoms with Crippen molar-refractivity contribution in [2.24, 2.45) is 0 Å². The molecular formula is C10H21N. The van der Waals surface area contributed by atoms with Crippen LogP contribution in [0.2, 0.25) is 0 Å². The zero-order chi connectivity index (χ0) is 8.36. The van der Waals surface area contributed by atoms with E-state index in [0.717, 1.165) is 6.54 Å². The van der Waals surface area contributed by atoms with E-state index >= 15 is 0 Å². The molecule has 1 nitrogen and oxygen atoms in total. The molecule has 0 fully saturated rings. The number of rotatable bonds is 7. The van der Waals surface area contributed by atoms with Crippen molar-refractivity contribution in [1.29, 1.82) is 0 Å². The summed E-state index contributed by atoms with van der Waals surface area (Å²) >= 11 is 0. The molecule has 0 amide bonds. The quantitative estimate of drug-likeness (QED) is 0.440. The van der Waals surface area contributed by atoms with Gasteiger partial charge in [0.1, 0.15) is 0 Å². The predicted octanol–water partition coefficient (Wildman–Crippen LogP) is 2.73. The first-order chi connectivity index (χ1) is 5.41. The summed E-state index contributed by atoms with van der Waals surface area (Å²) in [4.78, 5) is 0. The molecule has 0 rings (SSSR count). The van der Waals surface area contributed by atoms with E-state index in [1.165, 1.54) is 32.1 Å². The minimum absolute atomic E-state index is 1.01. The van der Waals surface area contributed by atoms with Crippen LogP contribution in [-0.2, 0) is 0 Å². The molecule has 0 aliphatic rings. The summed E-state index contributed by atoms with van der Waals surface area (Å²) in [7, 11) is 1.97. The molecule has 0 aliphatic carbocycles. The van der Waals surface area contributed by atoms with E-state index in [-0.39, 0.29) is 0 Å². The van der Waals surface area contributed by atoms with Gasteiger partial charge in [-0.1, -0.05) is 38.3 Å². The monoisotopic (exact) mass is 155 g/mol. The predicted molar refractivity (Wildman–Crippen MR) is 51.8 cm³/mol. The van der Waals surface area contributed by atoms with Crippen molar-refractivity contribution < 1.29 is 0 Å². The first kappa shape index (κ1) is 10.7. The van der Waals surface area contributed by atoms with Gasteiger partial charge in [0.2, 0.25) is 0 Å². The highest BCUT2D eigenvalue weighted by atomic mass is 14.8. The maximum atomic E-state index is 3.08. The first-order valence-electron chi connectivity index (χ1n) is 4.71. The number of hydrogen-bond acceptors (Lipinski definition) is 1. The molecule has 0 saturated carbocycles. The Morgan fingerprint density at radius 1 is 1.09 bits per heavy atom. The normalized spacial score (nSPS) is 11.1. The Morgan fingerprint density at radius 2 is 1.91 bits per heavy atom. The van der Waals surface area contributed by atoms with Gasteiger partial charge in [0.25, 0.3) is 0 Å². The van der Waals surface area contributed by atoms with Gasteiger partial charge in [-0.05, 0) is 19.9 Å². The Kier molecular flexibility index (Phi) is 9.44. The van der Waals surface area contributed by atoms with Crippen molar-refractivity contribution in [3.05, 3.63) is 12.2 Å². The molecule has 1 N–H and O–H groups in total. The second kappa shape index (κ2) is 9.70. The third kappa shape index (κ3) is 9.70. The minimum atomic E-state index is 1.01. The van der Waals surface area contributed by atoms with Crippen LogP contribution in [0.15, 0.2) is 12.2 Å². The van der Waals surface area contributed by atoms with Crippen molar-refractivity contribution in [3.63, 3.8) is 0 Å². The van der Waals surface area contributed by atoms with Gasteiger partial charge < -0.3 is 5.32 Å². The molecule has 0 aromatic rings. The van der Waals surface area contributed by atoms with E-state index in [1.54, 1.807) is 0 Å². The van der Waals surface area contributed by atoms with Gasteiger partial charge >= 0.3 is 0 Å². The topological polar surface area (TPSA) is 12.0 Å². The van der Waals surface area contributed by atoms with Gasteiger partial charge in [0.15, 0.2) is 0 Å². The highest BCUT2D eigenvalue weighted by Crippen LogP contribution is 2.02. The first-order valence-corrected chi connectivity index (χ1v) is 4.71. The summed E-state index contributed by atoms with van der Waals surface area (Å²) in [6.07, 6.45) is 11.2. The smallest absolute Gasteiger partial charge is 0.0131 e. The van der Waals surface area contributed by atoms with E-state index in [4.69, 9.17) is 0 Å². The largest absolute Gasteiger partial charge is 0.316 e. The second-order valence-electron chi connectivity index (χ2n) is 2.88. The van der Waals surface area contributed by atoms with Gasteiger partial charge in [-0.2, -0.15) is 0 Å². The molecule has 0 atom stereocenters. The fraction of sp³-hybridized carbons (Fsp3) is 0.800. The Balaban J connectivity index is 2.89. The Hall–Kier alpha value is -0.300. The van der Waals surface area contributed by atoms with Crippen molar-refractivity contribution in [1.82, 2.24) is 5.32 Å². The molecule has 1 heteroatoms. The highest BCUT2D eigenvalue weighted by molar-refractivity contribution is 4.82. The third-order valence-electron chi connectivity index (χ3n) is 1.71. The van der Waals surface area contributed by atoms with Crippen LogP contribution >= 0.6 is 0 Å². The summed E-state index contributed by atoms with van der Waals surface area (Å²) in [6.45, 7) is 3.25.